The summed E-state index contributed by atoms with van der Waals surface area (Å²) in [7, 11) is 0. The first-order valence-electron chi connectivity index (χ1n) is 14.6. The van der Waals surface area contributed by atoms with Crippen LogP contribution in [0.4, 0.5) is 0 Å². The highest BCUT2D eigenvalue weighted by molar-refractivity contribution is 5.81. The van der Waals surface area contributed by atoms with Crippen LogP contribution in [0.1, 0.15) is 24.0 Å². The number of carboxylic acid groups (broad SMARTS) is 1. The fourth-order valence-electron chi connectivity index (χ4n) is 5.05. The summed E-state index contributed by atoms with van der Waals surface area (Å²) in [6.07, 6.45) is -2.43. The third kappa shape index (κ3) is 8.95. The van der Waals surface area contributed by atoms with Gasteiger partial charge in [-0.05, 0) is 35.4 Å². The van der Waals surface area contributed by atoms with E-state index >= 15 is 0 Å². The largest absolute Gasteiger partial charge is 0.493 e. The van der Waals surface area contributed by atoms with E-state index in [9.17, 15) is 44.7 Å². The van der Waals surface area contributed by atoms with E-state index in [1.165, 1.54) is 0 Å². The third-order valence-corrected chi connectivity index (χ3v) is 7.46. The van der Waals surface area contributed by atoms with Crippen molar-refractivity contribution < 1.29 is 54.1 Å². The fourth-order valence-corrected chi connectivity index (χ4v) is 5.05. The van der Waals surface area contributed by atoms with Gasteiger partial charge in [-0.25, -0.2) is 9.59 Å². The van der Waals surface area contributed by atoms with Crippen molar-refractivity contribution in [1.82, 2.24) is 20.6 Å². The van der Waals surface area contributed by atoms with Crippen LogP contribution < -0.4 is 21.1 Å². The Morgan fingerprint density at radius 3 is 2.47 bits per heavy atom. The van der Waals surface area contributed by atoms with Crippen molar-refractivity contribution >= 4 is 28.8 Å². The lowest BCUT2D eigenvalue weighted by Gasteiger charge is -2.46. The second kappa shape index (κ2) is 15.7. The summed E-state index contributed by atoms with van der Waals surface area (Å²) in [6, 6.07) is 9.81. The van der Waals surface area contributed by atoms with Crippen LogP contribution in [0.25, 0.3) is 11.0 Å². The molecule has 47 heavy (non-hydrogen) atoms. The minimum atomic E-state index is -2.53. The number of nitrogens with one attached hydrogen (secondary N) is 4. The number of hydrogen-bond donors (Lipinski definition) is 9. The van der Waals surface area contributed by atoms with E-state index in [2.05, 4.69) is 26.5 Å². The molecule has 1 saturated heterocycles. The molecule has 1 fully saturated rings. The third-order valence-electron chi connectivity index (χ3n) is 7.46. The Bertz CT molecular complexity index is 1650. The van der Waals surface area contributed by atoms with Gasteiger partial charge in [0.2, 0.25) is 11.8 Å². The number of carboxylic acids is 1. The predicted octanol–water partition coefficient (Wildman–Crippen LogP) is -1.74. The predicted molar refractivity (Wildman–Crippen MR) is 163 cm³/mol. The van der Waals surface area contributed by atoms with Crippen LogP contribution in [0, 0.1) is 12.3 Å². The lowest BCUT2D eigenvalue weighted by molar-refractivity contribution is -0.314. The number of carbonyl (C=O) groups excluding carboxylic acids is 2. The average molecular weight is 657 g/mol. The fraction of sp³-hybridized carbons (Fsp3) is 0.419. The molecule has 0 radical (unpaired) electrons. The highest BCUT2D eigenvalue weighted by Gasteiger charge is 2.55. The van der Waals surface area contributed by atoms with Gasteiger partial charge in [0, 0.05) is 19.4 Å². The van der Waals surface area contributed by atoms with E-state index in [1.807, 2.05) is 0 Å². The van der Waals surface area contributed by atoms with Crippen LogP contribution in [0.2, 0.25) is 0 Å². The van der Waals surface area contributed by atoms with Crippen LogP contribution in [0.5, 0.6) is 5.75 Å². The molecule has 1 aliphatic rings. The number of H-pyrrole nitrogens is 2. The lowest BCUT2D eigenvalue weighted by atomic mass is 9.88. The molecule has 6 atom stereocenters. The molecule has 16 heteroatoms. The number of aliphatic hydroxyl groups excluding tert-OH is 4. The monoisotopic (exact) mass is 656 g/mol. The van der Waals surface area contributed by atoms with Crippen molar-refractivity contribution in [3.63, 3.8) is 0 Å². The second-order valence-corrected chi connectivity index (χ2v) is 10.9. The number of rotatable bonds is 15. The first kappa shape index (κ1) is 35.1. The first-order chi connectivity index (χ1) is 22.4. The second-order valence-electron chi connectivity index (χ2n) is 10.9. The number of ether oxygens (including phenoxy) is 3. The molecule has 2 amide bonds. The van der Waals surface area contributed by atoms with Gasteiger partial charge in [0.05, 0.1) is 48.9 Å². The van der Waals surface area contributed by atoms with Crippen LogP contribution in [0.3, 0.4) is 0 Å². The summed E-state index contributed by atoms with van der Waals surface area (Å²) < 4.78 is 16.9. The number of aromatic nitrogens is 2. The van der Waals surface area contributed by atoms with Gasteiger partial charge in [-0.2, -0.15) is 0 Å². The van der Waals surface area contributed by atoms with Gasteiger partial charge in [-0.15, -0.1) is 12.3 Å². The van der Waals surface area contributed by atoms with Gasteiger partial charge in [-0.1, -0.05) is 18.2 Å². The summed E-state index contributed by atoms with van der Waals surface area (Å²) in [6.45, 7) is -1.53. The molecule has 16 nitrogen and oxygen atoms in total. The number of hydrogen-bond acceptors (Lipinski definition) is 11. The molecule has 0 unspecified atom stereocenters. The maximum absolute atomic E-state index is 12.6. The van der Waals surface area contributed by atoms with Crippen molar-refractivity contribution in [1.29, 1.82) is 0 Å². The summed E-state index contributed by atoms with van der Waals surface area (Å²) in [5.41, 5.74) is 1.68. The molecule has 2 heterocycles. The number of amides is 2. The molecule has 0 aliphatic carbocycles. The Morgan fingerprint density at radius 1 is 1.09 bits per heavy atom. The Balaban J connectivity index is 1.44. The Labute approximate surface area is 267 Å². The van der Waals surface area contributed by atoms with Gasteiger partial charge in [0.1, 0.15) is 24.6 Å². The van der Waals surface area contributed by atoms with Crippen LogP contribution in [-0.4, -0.2) is 109 Å². The molecule has 0 spiro atoms. The molecule has 0 bridgehead atoms. The van der Waals surface area contributed by atoms with Crippen LogP contribution in [0.15, 0.2) is 47.3 Å². The SMILES string of the molecule is C#CCCOc1ccc(CO[C@]2(C(=O)O)C[C@H](O)[C@@H](NC(=O)CO)[C@H]([C@H](O)[C@H](O)CNC(=O)Cc3ccc4[nH]c(=O)[nH]c4c3)O2)cc1. The summed E-state index contributed by atoms with van der Waals surface area (Å²) in [4.78, 5) is 53.8. The number of fused-ring (bicyclic) bond motifs is 1. The van der Waals surface area contributed by atoms with Crippen molar-refractivity contribution in [3.05, 3.63) is 64.1 Å². The number of aromatic amines is 2. The molecule has 9 N–H and O–H groups in total. The zero-order valence-electron chi connectivity index (χ0n) is 25.0. The Morgan fingerprint density at radius 2 is 1.79 bits per heavy atom. The molecule has 4 rings (SSSR count). The number of aliphatic carboxylic acids is 1. The molecule has 252 valence electrons. The number of imidazole rings is 1. The Hall–Kier alpha value is -4.76. The van der Waals surface area contributed by atoms with Crippen molar-refractivity contribution in [3.8, 4) is 18.1 Å². The molecule has 3 aromatic rings. The number of benzene rings is 2. The number of aliphatic hydroxyl groups is 4. The smallest absolute Gasteiger partial charge is 0.364 e. The minimum absolute atomic E-state index is 0.145. The van der Waals surface area contributed by atoms with Crippen LogP contribution >= 0.6 is 0 Å². The summed E-state index contributed by atoms with van der Waals surface area (Å²) in [5.74, 6) is -2.74. The number of carbonyl (C=O) groups is 3. The quantitative estimate of drug-likeness (QED) is 0.0653. The molecule has 1 aromatic heterocycles. The van der Waals surface area contributed by atoms with Crippen molar-refractivity contribution in [2.24, 2.45) is 0 Å². The van der Waals surface area contributed by atoms with E-state index in [4.69, 9.17) is 20.6 Å². The standard InChI is InChI=1S/C31H36N4O12/c1-2-3-10-45-19-7-4-17(5-8-19)16-46-31(29(42)43)13-22(37)26(35-25(40)15-36)28(47-31)27(41)23(38)14-32-24(39)12-18-6-9-20-21(11-18)34-30(44)33-20/h1,4-9,11,22-23,26-28,36-38,41H,3,10,12-16H2,(H,32,39)(H,35,40)(H,42,43)(H2,33,34,44)/t22-,23+,26+,27+,28+,31+/m0/s1. The van der Waals surface area contributed by atoms with Crippen molar-refractivity contribution in [2.45, 2.75) is 62.1 Å². The van der Waals surface area contributed by atoms with Crippen LogP contribution in [-0.2, 0) is 36.9 Å². The van der Waals surface area contributed by atoms with E-state index in [-0.39, 0.29) is 13.0 Å². The summed E-state index contributed by atoms with van der Waals surface area (Å²) >= 11 is 0. The molecule has 2 aromatic carbocycles. The summed E-state index contributed by atoms with van der Waals surface area (Å²) in [5, 5.41) is 57.0. The molecule has 1 aliphatic heterocycles. The Kier molecular flexibility index (Phi) is 11.7. The normalized spacial score (nSPS) is 22.1. The van der Waals surface area contributed by atoms with Gasteiger partial charge in [-0.3, -0.25) is 9.59 Å². The van der Waals surface area contributed by atoms with E-state index < -0.39 is 79.3 Å². The first-order valence-corrected chi connectivity index (χ1v) is 14.6. The molecule has 0 saturated carbocycles. The zero-order chi connectivity index (χ0) is 34.1. The number of terminal acetylenes is 1. The van der Waals surface area contributed by atoms with E-state index in [0.717, 1.165) is 0 Å². The lowest BCUT2D eigenvalue weighted by Crippen LogP contribution is -2.68. The average Bonchev–Trinajstić information content (AvgIpc) is 3.43. The highest BCUT2D eigenvalue weighted by atomic mass is 16.7. The molecular weight excluding hydrogens is 620 g/mol. The van der Waals surface area contributed by atoms with Gasteiger partial charge in [0.25, 0.3) is 5.79 Å². The molecular formula is C31H36N4O12. The van der Waals surface area contributed by atoms with Crippen molar-refractivity contribution in [2.75, 3.05) is 19.8 Å². The van der Waals surface area contributed by atoms with Gasteiger partial charge < -0.3 is 60.3 Å². The van der Waals surface area contributed by atoms with E-state index in [0.29, 0.717) is 40.9 Å². The maximum Gasteiger partial charge on any atom is 0.364 e. The maximum atomic E-state index is 12.6. The minimum Gasteiger partial charge on any atom is -0.493 e. The topological polar surface area (TPSA) is 253 Å². The van der Waals surface area contributed by atoms with Gasteiger partial charge in [0.15, 0.2) is 0 Å². The zero-order valence-corrected chi connectivity index (χ0v) is 25.0. The van der Waals surface area contributed by atoms with Gasteiger partial charge >= 0.3 is 11.7 Å². The highest BCUT2D eigenvalue weighted by Crippen LogP contribution is 2.34. The van der Waals surface area contributed by atoms with E-state index in [1.54, 1.807) is 42.5 Å².